The van der Waals surface area contributed by atoms with Gasteiger partial charge in [0.1, 0.15) is 0 Å². The molecule has 0 amide bonds. The summed E-state index contributed by atoms with van der Waals surface area (Å²) in [6.07, 6.45) is 3.71. The van der Waals surface area contributed by atoms with Crippen LogP contribution < -0.4 is 9.64 Å². The van der Waals surface area contributed by atoms with E-state index in [9.17, 15) is 0 Å². The summed E-state index contributed by atoms with van der Waals surface area (Å²) in [5.41, 5.74) is 0.938. The Labute approximate surface area is 124 Å². The molecule has 0 bridgehead atoms. The topological polar surface area (TPSA) is 38.2 Å². The van der Waals surface area contributed by atoms with Crippen LogP contribution in [0.1, 0.15) is 38.8 Å². The van der Waals surface area contributed by atoms with Crippen molar-refractivity contribution in [2.75, 3.05) is 23.8 Å². The molecule has 0 aliphatic heterocycles. The second kappa shape index (κ2) is 8.35. The van der Waals surface area contributed by atoms with Gasteiger partial charge in [0.25, 0.3) is 0 Å². The van der Waals surface area contributed by atoms with Gasteiger partial charge in [0.05, 0.1) is 6.10 Å². The van der Waals surface area contributed by atoms with E-state index < -0.39 is 0 Å². The van der Waals surface area contributed by atoms with E-state index in [0.29, 0.717) is 5.88 Å². The second-order valence-electron chi connectivity index (χ2n) is 4.99. The SMILES string of the molecule is Cc1cc(OC(C)C)nc(N(C)CCCCCBr)n1. The molecule has 0 unspecified atom stereocenters. The van der Waals surface area contributed by atoms with Gasteiger partial charge in [-0.2, -0.15) is 4.98 Å². The van der Waals surface area contributed by atoms with E-state index in [0.717, 1.165) is 29.9 Å². The molecule has 0 saturated heterocycles. The summed E-state index contributed by atoms with van der Waals surface area (Å²) in [6.45, 7) is 6.94. The van der Waals surface area contributed by atoms with Crippen LogP contribution in [0.2, 0.25) is 0 Å². The Kier molecular flexibility index (Phi) is 7.13. The number of ether oxygens (including phenoxy) is 1. The first-order valence-corrected chi connectivity index (χ1v) is 7.94. The molecule has 19 heavy (non-hydrogen) atoms. The number of nitrogens with zero attached hydrogens (tertiary/aromatic N) is 3. The Morgan fingerprint density at radius 2 is 2.00 bits per heavy atom. The maximum atomic E-state index is 5.64. The second-order valence-corrected chi connectivity index (χ2v) is 5.78. The lowest BCUT2D eigenvalue weighted by Crippen LogP contribution is -2.22. The molecular weight excluding hydrogens is 306 g/mol. The predicted octanol–water partition coefficient (Wildman–Crippen LogP) is 3.57. The molecule has 1 rings (SSSR count). The van der Waals surface area contributed by atoms with Crippen LogP contribution in [-0.4, -0.2) is 35.0 Å². The molecule has 1 heterocycles. The highest BCUT2D eigenvalue weighted by Gasteiger charge is 2.08. The third kappa shape index (κ3) is 6.23. The van der Waals surface area contributed by atoms with Crippen LogP contribution in [0.3, 0.4) is 0 Å². The van der Waals surface area contributed by atoms with Gasteiger partial charge in [-0.15, -0.1) is 0 Å². The standard InChI is InChI=1S/C14H24BrN3O/c1-11(2)19-13-10-12(3)16-14(17-13)18(4)9-7-5-6-8-15/h10-11H,5-9H2,1-4H3. The number of aromatic nitrogens is 2. The van der Waals surface area contributed by atoms with Crippen molar-refractivity contribution in [1.29, 1.82) is 0 Å². The number of unbranched alkanes of at least 4 members (excludes halogenated alkanes) is 2. The van der Waals surface area contributed by atoms with E-state index >= 15 is 0 Å². The smallest absolute Gasteiger partial charge is 0.228 e. The Morgan fingerprint density at radius 1 is 1.26 bits per heavy atom. The molecule has 1 aromatic heterocycles. The Morgan fingerprint density at radius 3 is 2.63 bits per heavy atom. The molecular formula is C14H24BrN3O. The number of hydrogen-bond donors (Lipinski definition) is 0. The third-order valence-electron chi connectivity index (χ3n) is 2.64. The van der Waals surface area contributed by atoms with Crippen molar-refractivity contribution < 1.29 is 4.74 Å². The Balaban J connectivity index is 2.62. The summed E-state index contributed by atoms with van der Waals surface area (Å²) >= 11 is 3.45. The number of rotatable bonds is 8. The van der Waals surface area contributed by atoms with Crippen molar-refractivity contribution in [1.82, 2.24) is 9.97 Å². The first-order valence-electron chi connectivity index (χ1n) is 6.82. The summed E-state index contributed by atoms with van der Waals surface area (Å²) in [5.74, 6) is 1.40. The fourth-order valence-corrected chi connectivity index (χ4v) is 2.11. The lowest BCUT2D eigenvalue weighted by Gasteiger charge is -2.18. The van der Waals surface area contributed by atoms with E-state index in [1.807, 2.05) is 33.9 Å². The molecule has 0 aromatic carbocycles. The van der Waals surface area contributed by atoms with Crippen LogP contribution >= 0.6 is 15.9 Å². The van der Waals surface area contributed by atoms with Gasteiger partial charge < -0.3 is 9.64 Å². The van der Waals surface area contributed by atoms with Gasteiger partial charge in [-0.25, -0.2) is 4.98 Å². The van der Waals surface area contributed by atoms with Crippen molar-refractivity contribution in [3.63, 3.8) is 0 Å². The first kappa shape index (κ1) is 16.2. The number of halogens is 1. The number of alkyl halides is 1. The third-order valence-corrected chi connectivity index (χ3v) is 3.20. The van der Waals surface area contributed by atoms with E-state index in [-0.39, 0.29) is 6.10 Å². The molecule has 1 aromatic rings. The Hall–Kier alpha value is -0.840. The molecule has 0 atom stereocenters. The van der Waals surface area contributed by atoms with Crippen molar-refractivity contribution in [2.24, 2.45) is 0 Å². The van der Waals surface area contributed by atoms with Gasteiger partial charge >= 0.3 is 0 Å². The van der Waals surface area contributed by atoms with Gasteiger partial charge in [0, 0.05) is 30.7 Å². The van der Waals surface area contributed by atoms with Crippen molar-refractivity contribution in [3.05, 3.63) is 11.8 Å². The number of aryl methyl sites for hydroxylation is 1. The summed E-state index contributed by atoms with van der Waals surface area (Å²) < 4.78 is 5.64. The van der Waals surface area contributed by atoms with Crippen molar-refractivity contribution in [3.8, 4) is 5.88 Å². The number of hydrogen-bond acceptors (Lipinski definition) is 4. The fraction of sp³-hybridized carbons (Fsp3) is 0.714. The van der Waals surface area contributed by atoms with Gasteiger partial charge in [-0.1, -0.05) is 22.4 Å². The highest BCUT2D eigenvalue weighted by molar-refractivity contribution is 9.09. The van der Waals surface area contributed by atoms with Crippen LogP contribution in [-0.2, 0) is 0 Å². The highest BCUT2D eigenvalue weighted by Crippen LogP contribution is 2.16. The van der Waals surface area contributed by atoms with Gasteiger partial charge in [-0.05, 0) is 33.6 Å². The lowest BCUT2D eigenvalue weighted by atomic mass is 10.2. The normalized spacial score (nSPS) is 10.8. The zero-order valence-electron chi connectivity index (χ0n) is 12.3. The molecule has 108 valence electrons. The van der Waals surface area contributed by atoms with Gasteiger partial charge in [-0.3, -0.25) is 0 Å². The first-order chi connectivity index (χ1) is 9.02. The largest absolute Gasteiger partial charge is 0.475 e. The van der Waals surface area contributed by atoms with E-state index in [1.54, 1.807) is 0 Å². The lowest BCUT2D eigenvalue weighted by molar-refractivity contribution is 0.232. The molecule has 0 spiro atoms. The van der Waals surface area contributed by atoms with Crippen LogP contribution in [0.15, 0.2) is 6.07 Å². The summed E-state index contributed by atoms with van der Waals surface area (Å²) in [7, 11) is 2.03. The van der Waals surface area contributed by atoms with Crippen LogP contribution in [0, 0.1) is 6.92 Å². The van der Waals surface area contributed by atoms with Crippen LogP contribution in [0.25, 0.3) is 0 Å². The minimum Gasteiger partial charge on any atom is -0.475 e. The number of anilines is 1. The van der Waals surface area contributed by atoms with Crippen molar-refractivity contribution in [2.45, 2.75) is 46.1 Å². The molecule has 5 heteroatoms. The summed E-state index contributed by atoms with van der Waals surface area (Å²) in [6, 6.07) is 1.88. The van der Waals surface area contributed by atoms with Crippen LogP contribution in [0.5, 0.6) is 5.88 Å². The van der Waals surface area contributed by atoms with Gasteiger partial charge in [0.15, 0.2) is 0 Å². The predicted molar refractivity (Wildman–Crippen MR) is 83.4 cm³/mol. The minimum absolute atomic E-state index is 0.131. The zero-order valence-corrected chi connectivity index (χ0v) is 13.9. The maximum Gasteiger partial charge on any atom is 0.228 e. The van der Waals surface area contributed by atoms with Crippen molar-refractivity contribution >= 4 is 21.9 Å². The highest BCUT2D eigenvalue weighted by atomic mass is 79.9. The fourth-order valence-electron chi connectivity index (χ4n) is 1.72. The molecule has 0 aliphatic carbocycles. The van der Waals surface area contributed by atoms with E-state index in [4.69, 9.17) is 4.74 Å². The van der Waals surface area contributed by atoms with E-state index in [2.05, 4.69) is 30.8 Å². The average Bonchev–Trinajstić information content (AvgIpc) is 2.32. The summed E-state index contributed by atoms with van der Waals surface area (Å²) in [5, 5.41) is 1.07. The maximum absolute atomic E-state index is 5.64. The quantitative estimate of drug-likeness (QED) is 0.539. The molecule has 0 aliphatic rings. The molecule has 0 N–H and O–H groups in total. The Bertz CT molecular complexity index is 385. The van der Waals surface area contributed by atoms with E-state index in [1.165, 1.54) is 12.8 Å². The molecule has 0 fully saturated rings. The average molecular weight is 330 g/mol. The zero-order chi connectivity index (χ0) is 14.3. The molecule has 4 nitrogen and oxygen atoms in total. The molecule has 0 saturated carbocycles. The van der Waals surface area contributed by atoms with Crippen LogP contribution in [0.4, 0.5) is 5.95 Å². The molecule has 0 radical (unpaired) electrons. The summed E-state index contributed by atoms with van der Waals surface area (Å²) in [4.78, 5) is 11.0. The van der Waals surface area contributed by atoms with Gasteiger partial charge in [0.2, 0.25) is 11.8 Å². The minimum atomic E-state index is 0.131. The monoisotopic (exact) mass is 329 g/mol.